The molecule has 24 heavy (non-hydrogen) atoms. The molecular formula is C19H21N3O2. The summed E-state index contributed by atoms with van der Waals surface area (Å²) in [5.41, 5.74) is 1.24. The van der Waals surface area contributed by atoms with E-state index in [4.69, 9.17) is 4.42 Å². The summed E-state index contributed by atoms with van der Waals surface area (Å²) in [6, 6.07) is 9.73. The second-order valence-electron chi connectivity index (χ2n) is 6.28. The van der Waals surface area contributed by atoms with Gasteiger partial charge in [0.1, 0.15) is 22.9 Å². The van der Waals surface area contributed by atoms with Crippen molar-refractivity contribution in [2.24, 2.45) is 0 Å². The van der Waals surface area contributed by atoms with E-state index < -0.39 is 0 Å². The van der Waals surface area contributed by atoms with Gasteiger partial charge in [0.25, 0.3) is 5.91 Å². The number of pyridine rings is 1. The maximum absolute atomic E-state index is 13.0. The average Bonchev–Trinajstić information content (AvgIpc) is 3.29. The van der Waals surface area contributed by atoms with Gasteiger partial charge in [0.2, 0.25) is 0 Å². The molecule has 1 N–H and O–H groups in total. The lowest BCUT2D eigenvalue weighted by molar-refractivity contribution is 0.0573. The lowest BCUT2D eigenvalue weighted by atomic mass is 9.99. The van der Waals surface area contributed by atoms with E-state index in [1.165, 1.54) is 0 Å². The Hall–Kier alpha value is -2.56. The number of H-pyrrole nitrogens is 1. The molecule has 4 heterocycles. The van der Waals surface area contributed by atoms with Crippen LogP contribution in [0.4, 0.5) is 0 Å². The van der Waals surface area contributed by atoms with Crippen LogP contribution in [0, 0.1) is 0 Å². The van der Waals surface area contributed by atoms with Crippen LogP contribution in [0.2, 0.25) is 0 Å². The number of piperidine rings is 1. The minimum absolute atomic E-state index is 0.00712. The van der Waals surface area contributed by atoms with Gasteiger partial charge in [-0.25, -0.2) is 4.98 Å². The molecule has 5 heteroatoms. The summed E-state index contributed by atoms with van der Waals surface area (Å²) in [4.78, 5) is 22.5. The van der Waals surface area contributed by atoms with Gasteiger partial charge in [-0.3, -0.25) is 4.79 Å². The summed E-state index contributed by atoms with van der Waals surface area (Å²) in [6.07, 6.45) is 5.78. The van der Waals surface area contributed by atoms with Crippen molar-refractivity contribution in [3.63, 3.8) is 0 Å². The normalized spacial score (nSPS) is 18.2. The predicted molar refractivity (Wildman–Crippen MR) is 91.8 cm³/mol. The van der Waals surface area contributed by atoms with Crippen molar-refractivity contribution in [1.82, 2.24) is 14.9 Å². The first-order chi connectivity index (χ1) is 11.8. The highest BCUT2D eigenvalue weighted by molar-refractivity contribution is 5.94. The number of fused-ring (bicyclic) bond motifs is 1. The molecule has 0 radical (unpaired) electrons. The van der Waals surface area contributed by atoms with Crippen molar-refractivity contribution in [2.45, 2.75) is 38.6 Å². The quantitative estimate of drug-likeness (QED) is 0.790. The third kappa shape index (κ3) is 2.60. The number of amides is 1. The van der Waals surface area contributed by atoms with E-state index in [2.05, 4.69) is 16.9 Å². The Balaban J connectivity index is 1.64. The number of rotatable bonds is 3. The van der Waals surface area contributed by atoms with E-state index in [-0.39, 0.29) is 11.9 Å². The number of aryl methyl sites for hydroxylation is 1. The highest BCUT2D eigenvalue weighted by atomic mass is 16.3. The van der Waals surface area contributed by atoms with E-state index >= 15 is 0 Å². The van der Waals surface area contributed by atoms with Crippen LogP contribution in [-0.4, -0.2) is 27.3 Å². The predicted octanol–water partition coefficient (Wildman–Crippen LogP) is 4.09. The first kappa shape index (κ1) is 15.0. The van der Waals surface area contributed by atoms with Crippen molar-refractivity contribution in [3.8, 4) is 0 Å². The third-order valence-corrected chi connectivity index (χ3v) is 4.75. The van der Waals surface area contributed by atoms with Crippen LogP contribution in [0.25, 0.3) is 11.0 Å². The molecule has 1 saturated heterocycles. The van der Waals surface area contributed by atoms with Crippen LogP contribution in [0.15, 0.2) is 40.9 Å². The van der Waals surface area contributed by atoms with E-state index in [1.54, 1.807) is 0 Å². The number of aromatic nitrogens is 2. The lowest BCUT2D eigenvalue weighted by Crippen LogP contribution is -2.38. The number of carbonyl (C=O) groups is 1. The minimum atomic E-state index is -0.0225. The lowest BCUT2D eigenvalue weighted by Gasteiger charge is -2.34. The largest absolute Gasteiger partial charge is 0.464 e. The number of carbonyl (C=O) groups excluding carboxylic acids is 1. The van der Waals surface area contributed by atoms with E-state index in [0.29, 0.717) is 5.69 Å². The van der Waals surface area contributed by atoms with E-state index in [0.717, 1.165) is 54.8 Å². The van der Waals surface area contributed by atoms with Gasteiger partial charge >= 0.3 is 0 Å². The molecule has 1 aliphatic heterocycles. The second kappa shape index (κ2) is 6.15. The van der Waals surface area contributed by atoms with E-state index in [1.807, 2.05) is 41.4 Å². The zero-order valence-corrected chi connectivity index (χ0v) is 13.8. The molecule has 3 aromatic rings. The molecule has 0 spiro atoms. The van der Waals surface area contributed by atoms with Gasteiger partial charge in [0, 0.05) is 24.5 Å². The first-order valence-corrected chi connectivity index (χ1v) is 8.60. The molecule has 0 aliphatic carbocycles. The van der Waals surface area contributed by atoms with Crippen molar-refractivity contribution in [1.29, 1.82) is 0 Å². The summed E-state index contributed by atoms with van der Waals surface area (Å²) in [5.74, 6) is 1.83. The van der Waals surface area contributed by atoms with Crippen LogP contribution >= 0.6 is 0 Å². The molecule has 1 fully saturated rings. The van der Waals surface area contributed by atoms with Gasteiger partial charge in [-0.15, -0.1) is 0 Å². The SMILES string of the molecule is CCc1ccc([C@@H]2CCCCN2C(=O)c2ccc3cc[nH]c3n2)o1. The molecule has 124 valence electrons. The summed E-state index contributed by atoms with van der Waals surface area (Å²) in [6.45, 7) is 2.82. The van der Waals surface area contributed by atoms with Gasteiger partial charge in [-0.05, 0) is 49.6 Å². The van der Waals surface area contributed by atoms with E-state index in [9.17, 15) is 4.79 Å². The molecule has 1 atom stereocenters. The molecule has 0 saturated carbocycles. The Kier molecular flexibility index (Phi) is 3.84. The number of likely N-dealkylation sites (tertiary alicyclic amines) is 1. The Labute approximate surface area is 140 Å². The van der Waals surface area contributed by atoms with Gasteiger partial charge in [-0.1, -0.05) is 6.92 Å². The topological polar surface area (TPSA) is 62.1 Å². The van der Waals surface area contributed by atoms with Gasteiger partial charge in [0.15, 0.2) is 0 Å². The standard InChI is InChI=1S/C19H21N3O2/c1-2-14-7-9-17(24-14)16-5-3-4-12-22(16)19(23)15-8-6-13-10-11-20-18(13)21-15/h6-11,16H,2-5,12H2,1H3,(H,20,21)/t16-/m0/s1. The van der Waals surface area contributed by atoms with Crippen molar-refractivity contribution < 1.29 is 9.21 Å². The Morgan fingerprint density at radius 2 is 2.21 bits per heavy atom. The Morgan fingerprint density at radius 3 is 3.04 bits per heavy atom. The van der Waals surface area contributed by atoms with Crippen LogP contribution in [0.3, 0.4) is 0 Å². The third-order valence-electron chi connectivity index (χ3n) is 4.75. The highest BCUT2D eigenvalue weighted by Gasteiger charge is 2.31. The zero-order chi connectivity index (χ0) is 16.5. The molecule has 1 aliphatic rings. The maximum Gasteiger partial charge on any atom is 0.273 e. The smallest absolute Gasteiger partial charge is 0.273 e. The molecule has 1 amide bonds. The average molecular weight is 323 g/mol. The fourth-order valence-electron chi connectivity index (χ4n) is 3.43. The molecule has 0 bridgehead atoms. The van der Waals surface area contributed by atoms with Gasteiger partial charge < -0.3 is 14.3 Å². The number of nitrogens with one attached hydrogen (secondary N) is 1. The fraction of sp³-hybridized carbons (Fsp3) is 0.368. The molecule has 3 aromatic heterocycles. The monoisotopic (exact) mass is 323 g/mol. The molecule has 5 nitrogen and oxygen atoms in total. The number of furan rings is 1. The number of aromatic amines is 1. The Morgan fingerprint density at radius 1 is 1.29 bits per heavy atom. The highest BCUT2D eigenvalue weighted by Crippen LogP contribution is 2.33. The molecule has 4 rings (SSSR count). The Bertz CT molecular complexity index is 864. The zero-order valence-electron chi connectivity index (χ0n) is 13.8. The number of nitrogens with zero attached hydrogens (tertiary/aromatic N) is 2. The van der Waals surface area contributed by atoms with Crippen molar-refractivity contribution >= 4 is 16.9 Å². The van der Waals surface area contributed by atoms with Gasteiger partial charge in [0.05, 0.1) is 6.04 Å². The second-order valence-corrected chi connectivity index (χ2v) is 6.28. The van der Waals surface area contributed by atoms with Crippen LogP contribution in [0.5, 0.6) is 0 Å². The fourth-order valence-corrected chi connectivity index (χ4v) is 3.43. The minimum Gasteiger partial charge on any atom is -0.464 e. The molecular weight excluding hydrogens is 302 g/mol. The first-order valence-electron chi connectivity index (χ1n) is 8.60. The van der Waals surface area contributed by atoms with Crippen LogP contribution in [0.1, 0.15) is 54.2 Å². The number of hydrogen-bond acceptors (Lipinski definition) is 3. The maximum atomic E-state index is 13.0. The summed E-state index contributed by atoms with van der Waals surface area (Å²) >= 11 is 0. The van der Waals surface area contributed by atoms with Crippen molar-refractivity contribution in [2.75, 3.05) is 6.54 Å². The number of hydrogen-bond donors (Lipinski definition) is 1. The van der Waals surface area contributed by atoms with Crippen LogP contribution < -0.4 is 0 Å². The van der Waals surface area contributed by atoms with Gasteiger partial charge in [-0.2, -0.15) is 0 Å². The van der Waals surface area contributed by atoms with Crippen molar-refractivity contribution in [3.05, 3.63) is 53.7 Å². The summed E-state index contributed by atoms with van der Waals surface area (Å²) in [5, 5.41) is 1.01. The van der Waals surface area contributed by atoms with Crippen LogP contribution in [-0.2, 0) is 6.42 Å². The molecule has 0 unspecified atom stereocenters. The summed E-state index contributed by atoms with van der Waals surface area (Å²) < 4.78 is 5.93. The summed E-state index contributed by atoms with van der Waals surface area (Å²) in [7, 11) is 0. The molecule has 0 aromatic carbocycles.